The van der Waals surface area contributed by atoms with E-state index in [0.29, 0.717) is 0 Å². The standard InChI is InChI=1S/C15H21N3O/c1-2-12-3-5-13(6-4-12)18-10-9-17-8-7-16-11-14(17)15(18)19/h3-6,14,16H,2,7-11H2,1H3. The number of anilines is 1. The van der Waals surface area contributed by atoms with Crippen LogP contribution in [0.3, 0.4) is 0 Å². The highest BCUT2D eigenvalue weighted by Crippen LogP contribution is 2.21. The molecule has 1 unspecified atom stereocenters. The summed E-state index contributed by atoms with van der Waals surface area (Å²) in [5, 5.41) is 3.32. The molecule has 1 aromatic rings. The number of hydrogen-bond acceptors (Lipinski definition) is 3. The molecule has 19 heavy (non-hydrogen) atoms. The fourth-order valence-electron chi connectivity index (χ4n) is 2.94. The molecule has 2 fully saturated rings. The highest BCUT2D eigenvalue weighted by Gasteiger charge is 2.36. The molecule has 1 aromatic carbocycles. The van der Waals surface area contributed by atoms with Crippen molar-refractivity contribution in [2.24, 2.45) is 0 Å². The van der Waals surface area contributed by atoms with Crippen molar-refractivity contribution in [1.29, 1.82) is 0 Å². The third kappa shape index (κ3) is 2.38. The van der Waals surface area contributed by atoms with Gasteiger partial charge in [0, 0.05) is 38.4 Å². The number of aryl methyl sites for hydroxylation is 1. The molecular weight excluding hydrogens is 238 g/mol. The van der Waals surface area contributed by atoms with E-state index < -0.39 is 0 Å². The van der Waals surface area contributed by atoms with Crippen LogP contribution in [0.2, 0.25) is 0 Å². The molecule has 0 bridgehead atoms. The summed E-state index contributed by atoms with van der Waals surface area (Å²) in [6, 6.07) is 8.40. The zero-order valence-electron chi connectivity index (χ0n) is 11.4. The molecule has 2 aliphatic rings. The third-order valence-electron chi connectivity index (χ3n) is 4.17. The lowest BCUT2D eigenvalue weighted by molar-refractivity contribution is -0.126. The molecule has 1 amide bonds. The number of fused-ring (bicyclic) bond motifs is 1. The Morgan fingerprint density at radius 2 is 2.00 bits per heavy atom. The average molecular weight is 259 g/mol. The summed E-state index contributed by atoms with van der Waals surface area (Å²) in [5.41, 5.74) is 2.35. The van der Waals surface area contributed by atoms with Crippen molar-refractivity contribution >= 4 is 11.6 Å². The van der Waals surface area contributed by atoms with Gasteiger partial charge in [0.05, 0.1) is 0 Å². The van der Waals surface area contributed by atoms with E-state index in [1.807, 2.05) is 4.90 Å². The lowest BCUT2D eigenvalue weighted by Gasteiger charge is -2.43. The van der Waals surface area contributed by atoms with Crippen molar-refractivity contribution in [3.63, 3.8) is 0 Å². The molecule has 0 saturated carbocycles. The summed E-state index contributed by atoms with van der Waals surface area (Å²) in [6.45, 7) is 6.69. The molecule has 0 spiro atoms. The van der Waals surface area contributed by atoms with E-state index in [1.54, 1.807) is 0 Å². The average Bonchev–Trinajstić information content (AvgIpc) is 2.48. The maximum absolute atomic E-state index is 12.6. The largest absolute Gasteiger partial charge is 0.313 e. The second-order valence-electron chi connectivity index (χ2n) is 5.27. The van der Waals surface area contributed by atoms with Crippen LogP contribution in [-0.4, -0.2) is 49.6 Å². The van der Waals surface area contributed by atoms with Crippen molar-refractivity contribution in [2.75, 3.05) is 37.6 Å². The van der Waals surface area contributed by atoms with Gasteiger partial charge in [0.2, 0.25) is 5.91 Å². The minimum Gasteiger partial charge on any atom is -0.313 e. The lowest BCUT2D eigenvalue weighted by Crippen LogP contribution is -2.64. The fraction of sp³-hybridized carbons (Fsp3) is 0.533. The van der Waals surface area contributed by atoms with Crippen LogP contribution in [0.15, 0.2) is 24.3 Å². The van der Waals surface area contributed by atoms with Crippen molar-refractivity contribution in [3.05, 3.63) is 29.8 Å². The first-order chi connectivity index (χ1) is 9.29. The Morgan fingerprint density at radius 1 is 1.21 bits per heavy atom. The fourth-order valence-corrected chi connectivity index (χ4v) is 2.94. The van der Waals surface area contributed by atoms with Crippen LogP contribution in [0, 0.1) is 0 Å². The molecule has 4 heteroatoms. The minimum absolute atomic E-state index is 0.0216. The van der Waals surface area contributed by atoms with Gasteiger partial charge >= 0.3 is 0 Å². The van der Waals surface area contributed by atoms with E-state index in [2.05, 4.69) is 41.4 Å². The molecule has 2 saturated heterocycles. The van der Waals surface area contributed by atoms with Crippen molar-refractivity contribution in [2.45, 2.75) is 19.4 Å². The molecule has 4 nitrogen and oxygen atoms in total. The molecule has 0 radical (unpaired) electrons. The van der Waals surface area contributed by atoms with Gasteiger partial charge in [-0.05, 0) is 24.1 Å². The van der Waals surface area contributed by atoms with Gasteiger partial charge in [-0.2, -0.15) is 0 Å². The smallest absolute Gasteiger partial charge is 0.245 e. The van der Waals surface area contributed by atoms with Gasteiger partial charge in [0.25, 0.3) is 0 Å². The summed E-state index contributed by atoms with van der Waals surface area (Å²) in [4.78, 5) is 16.8. The highest BCUT2D eigenvalue weighted by atomic mass is 16.2. The lowest BCUT2D eigenvalue weighted by atomic mass is 10.1. The maximum atomic E-state index is 12.6. The van der Waals surface area contributed by atoms with E-state index in [0.717, 1.165) is 44.8 Å². The van der Waals surface area contributed by atoms with Gasteiger partial charge in [-0.3, -0.25) is 9.69 Å². The zero-order chi connectivity index (χ0) is 13.2. The highest BCUT2D eigenvalue weighted by molar-refractivity contribution is 5.98. The first kappa shape index (κ1) is 12.6. The van der Waals surface area contributed by atoms with Gasteiger partial charge in [-0.25, -0.2) is 0 Å². The monoisotopic (exact) mass is 259 g/mol. The summed E-state index contributed by atoms with van der Waals surface area (Å²) in [6.07, 6.45) is 1.04. The van der Waals surface area contributed by atoms with Crippen molar-refractivity contribution in [1.82, 2.24) is 10.2 Å². The summed E-state index contributed by atoms with van der Waals surface area (Å²) in [7, 11) is 0. The second kappa shape index (κ2) is 5.31. The van der Waals surface area contributed by atoms with E-state index in [9.17, 15) is 4.79 Å². The van der Waals surface area contributed by atoms with Gasteiger partial charge in [-0.15, -0.1) is 0 Å². The van der Waals surface area contributed by atoms with Crippen LogP contribution in [0.1, 0.15) is 12.5 Å². The van der Waals surface area contributed by atoms with Gasteiger partial charge in [0.15, 0.2) is 0 Å². The molecule has 102 valence electrons. The Hall–Kier alpha value is -1.39. The number of nitrogens with zero attached hydrogens (tertiary/aromatic N) is 2. The van der Waals surface area contributed by atoms with E-state index >= 15 is 0 Å². The van der Waals surface area contributed by atoms with Gasteiger partial charge < -0.3 is 10.2 Å². The Kier molecular flexibility index (Phi) is 3.53. The molecule has 2 aliphatic heterocycles. The second-order valence-corrected chi connectivity index (χ2v) is 5.27. The van der Waals surface area contributed by atoms with Crippen LogP contribution < -0.4 is 10.2 Å². The number of hydrogen-bond donors (Lipinski definition) is 1. The first-order valence-corrected chi connectivity index (χ1v) is 7.14. The SMILES string of the molecule is CCc1ccc(N2CCN3CCNCC3C2=O)cc1. The van der Waals surface area contributed by atoms with Gasteiger partial charge in [-0.1, -0.05) is 19.1 Å². The molecule has 1 atom stereocenters. The molecular formula is C15H21N3O. The first-order valence-electron chi connectivity index (χ1n) is 7.14. The number of benzene rings is 1. The van der Waals surface area contributed by atoms with Crippen LogP contribution in [0.4, 0.5) is 5.69 Å². The third-order valence-corrected chi connectivity index (χ3v) is 4.17. The van der Waals surface area contributed by atoms with Crippen LogP contribution >= 0.6 is 0 Å². The predicted octanol–water partition coefficient (Wildman–Crippen LogP) is 0.869. The number of nitrogens with one attached hydrogen (secondary N) is 1. The Labute approximate surface area is 114 Å². The van der Waals surface area contributed by atoms with Crippen LogP contribution in [0.5, 0.6) is 0 Å². The van der Waals surface area contributed by atoms with Crippen LogP contribution in [-0.2, 0) is 11.2 Å². The maximum Gasteiger partial charge on any atom is 0.245 e. The number of amides is 1. The van der Waals surface area contributed by atoms with E-state index in [4.69, 9.17) is 0 Å². The molecule has 1 N–H and O–H groups in total. The predicted molar refractivity (Wildman–Crippen MR) is 76.4 cm³/mol. The minimum atomic E-state index is 0.0216. The van der Waals surface area contributed by atoms with Gasteiger partial charge in [0.1, 0.15) is 6.04 Å². The molecule has 0 aliphatic carbocycles. The Bertz CT molecular complexity index is 457. The molecule has 0 aromatic heterocycles. The molecule has 3 rings (SSSR count). The summed E-state index contributed by atoms with van der Waals surface area (Å²) >= 11 is 0. The van der Waals surface area contributed by atoms with E-state index in [1.165, 1.54) is 5.56 Å². The van der Waals surface area contributed by atoms with Crippen LogP contribution in [0.25, 0.3) is 0 Å². The Balaban J connectivity index is 1.79. The summed E-state index contributed by atoms with van der Waals surface area (Å²) < 4.78 is 0. The Morgan fingerprint density at radius 3 is 2.74 bits per heavy atom. The van der Waals surface area contributed by atoms with Crippen molar-refractivity contribution < 1.29 is 4.79 Å². The topological polar surface area (TPSA) is 35.6 Å². The molecule has 2 heterocycles. The number of piperazine rings is 2. The quantitative estimate of drug-likeness (QED) is 0.856. The zero-order valence-corrected chi connectivity index (χ0v) is 11.4. The van der Waals surface area contributed by atoms with E-state index in [-0.39, 0.29) is 11.9 Å². The van der Waals surface area contributed by atoms with Crippen molar-refractivity contribution in [3.8, 4) is 0 Å². The number of carbonyl (C=O) groups excluding carboxylic acids is 1. The number of rotatable bonds is 2. The number of carbonyl (C=O) groups is 1. The normalized spacial score (nSPS) is 24.4. The summed E-state index contributed by atoms with van der Waals surface area (Å²) in [5.74, 6) is 0.239.